The van der Waals surface area contributed by atoms with Gasteiger partial charge in [-0.3, -0.25) is 14.3 Å². The molecule has 1 aromatic carbocycles. The Labute approximate surface area is 170 Å². The highest BCUT2D eigenvalue weighted by molar-refractivity contribution is 6.31. The van der Waals surface area contributed by atoms with E-state index >= 15 is 0 Å². The van der Waals surface area contributed by atoms with Gasteiger partial charge in [-0.2, -0.15) is 5.10 Å². The monoisotopic (exact) mass is 403 g/mol. The summed E-state index contributed by atoms with van der Waals surface area (Å²) in [7, 11) is 0. The molecule has 0 unspecified atom stereocenters. The molecule has 0 N–H and O–H groups in total. The number of rotatable bonds is 6. The summed E-state index contributed by atoms with van der Waals surface area (Å²) in [5.41, 5.74) is 1.16. The van der Waals surface area contributed by atoms with E-state index in [2.05, 4.69) is 5.10 Å². The van der Waals surface area contributed by atoms with Crippen molar-refractivity contribution in [3.05, 3.63) is 52.8 Å². The van der Waals surface area contributed by atoms with Gasteiger partial charge in [0.1, 0.15) is 6.54 Å². The van der Waals surface area contributed by atoms with Crippen LogP contribution in [0.2, 0.25) is 5.02 Å². The molecule has 0 aliphatic carbocycles. The van der Waals surface area contributed by atoms with E-state index in [0.29, 0.717) is 44.0 Å². The van der Waals surface area contributed by atoms with Gasteiger partial charge in [-0.05, 0) is 50.8 Å². The molecular formula is C21H26ClN3O3. The molecule has 2 aromatic rings. The molecule has 0 saturated carbocycles. The van der Waals surface area contributed by atoms with Crippen LogP contribution in [0.1, 0.15) is 31.0 Å². The summed E-state index contributed by atoms with van der Waals surface area (Å²) < 4.78 is 7.04. The Hall–Kier alpha value is -2.34. The van der Waals surface area contributed by atoms with E-state index in [-0.39, 0.29) is 18.4 Å². The Balaban J connectivity index is 1.70. The van der Waals surface area contributed by atoms with Crippen molar-refractivity contribution in [1.29, 1.82) is 0 Å². The summed E-state index contributed by atoms with van der Waals surface area (Å²) in [4.78, 5) is 27.3. The van der Waals surface area contributed by atoms with E-state index in [1.165, 1.54) is 0 Å². The molecule has 1 aliphatic rings. The maximum Gasteiger partial charge on any atom is 0.312 e. The fourth-order valence-corrected chi connectivity index (χ4v) is 3.92. The van der Waals surface area contributed by atoms with Crippen LogP contribution in [-0.2, 0) is 27.3 Å². The molecule has 1 amide bonds. The lowest BCUT2D eigenvalue weighted by molar-refractivity contribution is -0.160. The highest BCUT2D eigenvalue weighted by Gasteiger charge is 2.43. The minimum Gasteiger partial charge on any atom is -0.466 e. The van der Waals surface area contributed by atoms with E-state index in [1.54, 1.807) is 15.8 Å². The molecule has 7 heteroatoms. The molecule has 6 nitrogen and oxygen atoms in total. The van der Waals surface area contributed by atoms with Crippen LogP contribution in [0.25, 0.3) is 0 Å². The number of likely N-dealkylation sites (tertiary alicyclic amines) is 1. The van der Waals surface area contributed by atoms with Crippen LogP contribution in [-0.4, -0.2) is 46.3 Å². The number of carbonyl (C=O) groups is 2. The van der Waals surface area contributed by atoms with Crippen LogP contribution in [0, 0.1) is 12.3 Å². The summed E-state index contributed by atoms with van der Waals surface area (Å²) in [6.45, 7) is 5.29. The minimum atomic E-state index is -0.653. The van der Waals surface area contributed by atoms with Gasteiger partial charge in [-0.15, -0.1) is 0 Å². The van der Waals surface area contributed by atoms with Gasteiger partial charge in [-0.25, -0.2) is 0 Å². The molecule has 1 saturated heterocycles. The first-order valence-corrected chi connectivity index (χ1v) is 10.00. The van der Waals surface area contributed by atoms with Gasteiger partial charge >= 0.3 is 5.97 Å². The van der Waals surface area contributed by atoms with Crippen molar-refractivity contribution in [3.8, 4) is 0 Å². The quantitative estimate of drug-likeness (QED) is 0.694. The Morgan fingerprint density at radius 2 is 1.93 bits per heavy atom. The molecule has 0 radical (unpaired) electrons. The lowest BCUT2D eigenvalue weighted by atomic mass is 9.73. The summed E-state index contributed by atoms with van der Waals surface area (Å²) in [6, 6.07) is 9.45. The number of halogens is 1. The summed E-state index contributed by atoms with van der Waals surface area (Å²) in [5.74, 6) is -0.192. The summed E-state index contributed by atoms with van der Waals surface area (Å²) in [6.07, 6.45) is 3.44. The van der Waals surface area contributed by atoms with Gasteiger partial charge < -0.3 is 9.64 Å². The fourth-order valence-electron chi connectivity index (χ4n) is 3.72. The molecule has 1 aliphatic heterocycles. The van der Waals surface area contributed by atoms with Crippen molar-refractivity contribution < 1.29 is 14.3 Å². The van der Waals surface area contributed by atoms with Crippen LogP contribution in [0.5, 0.6) is 0 Å². The Morgan fingerprint density at radius 3 is 2.54 bits per heavy atom. The highest BCUT2D eigenvalue weighted by Crippen LogP contribution is 2.38. The second-order valence-electron chi connectivity index (χ2n) is 7.30. The zero-order valence-corrected chi connectivity index (χ0v) is 17.1. The maximum atomic E-state index is 12.8. The number of benzene rings is 1. The van der Waals surface area contributed by atoms with E-state index in [9.17, 15) is 9.59 Å². The van der Waals surface area contributed by atoms with Gasteiger partial charge in [0.25, 0.3) is 0 Å². The lowest BCUT2D eigenvalue weighted by Crippen LogP contribution is -2.49. The third-order valence-corrected chi connectivity index (χ3v) is 5.71. The summed E-state index contributed by atoms with van der Waals surface area (Å²) in [5, 5.41) is 4.92. The van der Waals surface area contributed by atoms with E-state index < -0.39 is 5.41 Å². The number of esters is 1. The number of carbonyl (C=O) groups excluding carboxylic acids is 2. The average Bonchev–Trinajstić information content (AvgIpc) is 3.09. The van der Waals surface area contributed by atoms with Gasteiger partial charge in [0.15, 0.2) is 0 Å². The normalized spacial score (nSPS) is 16.0. The second-order valence-corrected chi connectivity index (χ2v) is 7.71. The van der Waals surface area contributed by atoms with Crippen LogP contribution >= 0.6 is 11.6 Å². The van der Waals surface area contributed by atoms with Crippen molar-refractivity contribution in [1.82, 2.24) is 14.7 Å². The predicted molar refractivity (Wildman–Crippen MR) is 107 cm³/mol. The molecule has 0 spiro atoms. The molecule has 150 valence electrons. The Kier molecular flexibility index (Phi) is 6.39. The topological polar surface area (TPSA) is 64.4 Å². The van der Waals surface area contributed by atoms with Gasteiger partial charge in [0.2, 0.25) is 5.91 Å². The van der Waals surface area contributed by atoms with Gasteiger partial charge in [-0.1, -0.05) is 29.8 Å². The van der Waals surface area contributed by atoms with Crippen LogP contribution in [0.4, 0.5) is 0 Å². The van der Waals surface area contributed by atoms with E-state index in [1.807, 2.05) is 44.2 Å². The molecule has 1 fully saturated rings. The van der Waals surface area contributed by atoms with Gasteiger partial charge in [0.05, 0.1) is 17.7 Å². The molecule has 3 rings (SSSR count). The molecule has 1 aromatic heterocycles. The Bertz CT molecular complexity index is 841. The van der Waals surface area contributed by atoms with Crippen LogP contribution < -0.4 is 0 Å². The van der Waals surface area contributed by atoms with E-state index in [0.717, 1.165) is 11.3 Å². The average molecular weight is 404 g/mol. The smallest absolute Gasteiger partial charge is 0.312 e. The SMILES string of the molecule is CCOC(=O)C1(Cc2ccccc2Cl)CCN(C(=O)Cn2ccc(C)n2)CC1. The largest absolute Gasteiger partial charge is 0.466 e. The van der Waals surface area contributed by atoms with Crippen molar-refractivity contribution in [2.75, 3.05) is 19.7 Å². The van der Waals surface area contributed by atoms with Crippen molar-refractivity contribution in [2.24, 2.45) is 5.41 Å². The third kappa shape index (κ3) is 4.55. The van der Waals surface area contributed by atoms with Crippen molar-refractivity contribution in [2.45, 2.75) is 39.7 Å². The third-order valence-electron chi connectivity index (χ3n) is 5.34. The molecule has 0 bridgehead atoms. The first-order valence-electron chi connectivity index (χ1n) is 9.62. The zero-order valence-electron chi connectivity index (χ0n) is 16.4. The van der Waals surface area contributed by atoms with E-state index in [4.69, 9.17) is 16.3 Å². The van der Waals surface area contributed by atoms with Crippen LogP contribution in [0.3, 0.4) is 0 Å². The van der Waals surface area contributed by atoms with Crippen LogP contribution in [0.15, 0.2) is 36.5 Å². The standard InChI is InChI=1S/C21H26ClN3O3/c1-3-28-20(27)21(14-17-6-4-5-7-18(17)22)9-12-24(13-10-21)19(26)15-25-11-8-16(2)23-25/h4-8,11H,3,9-10,12-15H2,1-2H3. The van der Waals surface area contributed by atoms with Gasteiger partial charge in [0, 0.05) is 24.3 Å². The zero-order chi connectivity index (χ0) is 20.1. The highest BCUT2D eigenvalue weighted by atomic mass is 35.5. The fraction of sp³-hybridized carbons (Fsp3) is 0.476. The Morgan fingerprint density at radius 1 is 1.21 bits per heavy atom. The molecule has 0 atom stereocenters. The minimum absolute atomic E-state index is 0.0123. The number of hydrogen-bond acceptors (Lipinski definition) is 4. The first kappa shape index (κ1) is 20.4. The first-order chi connectivity index (χ1) is 13.4. The molecule has 28 heavy (non-hydrogen) atoms. The van der Waals surface area contributed by atoms with Crippen molar-refractivity contribution >= 4 is 23.5 Å². The summed E-state index contributed by atoms with van der Waals surface area (Å²) >= 11 is 6.33. The number of hydrogen-bond donors (Lipinski definition) is 0. The predicted octanol–water partition coefficient (Wildman–Crippen LogP) is 3.26. The number of piperidine rings is 1. The number of amides is 1. The lowest BCUT2D eigenvalue weighted by Gasteiger charge is -2.40. The van der Waals surface area contributed by atoms with Crippen molar-refractivity contribution in [3.63, 3.8) is 0 Å². The number of aromatic nitrogens is 2. The number of ether oxygens (including phenoxy) is 1. The molecular weight excluding hydrogens is 378 g/mol. The number of nitrogens with zero attached hydrogens (tertiary/aromatic N) is 3. The second kappa shape index (κ2) is 8.78. The number of aryl methyl sites for hydroxylation is 1. The molecule has 2 heterocycles. The maximum absolute atomic E-state index is 12.8.